The molecule has 5 nitrogen and oxygen atoms in total. The van der Waals surface area contributed by atoms with Crippen LogP contribution in [-0.4, -0.2) is 56.9 Å². The Kier molecular flexibility index (Phi) is 5.36. The van der Waals surface area contributed by atoms with Crippen LogP contribution in [0, 0.1) is 0 Å². The van der Waals surface area contributed by atoms with Crippen LogP contribution in [-0.2, 0) is 14.3 Å². The Bertz CT molecular complexity index is 260. The summed E-state index contributed by atoms with van der Waals surface area (Å²) in [7, 11) is 5.14. The average Bonchev–Trinajstić information content (AvgIpc) is 2.34. The minimum absolute atomic E-state index is 0.289. The Morgan fingerprint density at radius 2 is 2.24 bits per heavy atom. The van der Waals surface area contributed by atoms with E-state index in [4.69, 9.17) is 15.2 Å². The largest absolute Gasteiger partial charge is 0.468 e. The van der Waals surface area contributed by atoms with Gasteiger partial charge < -0.3 is 20.1 Å². The van der Waals surface area contributed by atoms with E-state index >= 15 is 0 Å². The molecule has 0 amide bonds. The third-order valence-corrected chi connectivity index (χ3v) is 3.62. The summed E-state index contributed by atoms with van der Waals surface area (Å²) in [6.07, 6.45) is 3.43. The number of nitrogens with zero attached hydrogens (tertiary/aromatic N) is 1. The van der Waals surface area contributed by atoms with Crippen LogP contribution >= 0.6 is 0 Å². The van der Waals surface area contributed by atoms with Crippen molar-refractivity contribution in [1.82, 2.24) is 4.90 Å². The molecule has 0 aromatic carbocycles. The lowest BCUT2D eigenvalue weighted by Gasteiger charge is -2.39. The molecule has 17 heavy (non-hydrogen) atoms. The molecule has 1 saturated carbocycles. The first-order valence-corrected chi connectivity index (χ1v) is 6.10. The number of rotatable bonds is 5. The zero-order chi connectivity index (χ0) is 12.9. The van der Waals surface area contributed by atoms with E-state index in [9.17, 15) is 4.79 Å². The topological polar surface area (TPSA) is 64.8 Å². The lowest BCUT2D eigenvalue weighted by atomic mass is 9.79. The molecule has 0 spiro atoms. The Balaban J connectivity index is 2.56. The van der Waals surface area contributed by atoms with Crippen molar-refractivity contribution in [2.24, 2.45) is 5.73 Å². The van der Waals surface area contributed by atoms with E-state index in [0.29, 0.717) is 25.5 Å². The van der Waals surface area contributed by atoms with Gasteiger partial charge in [0.25, 0.3) is 0 Å². The van der Waals surface area contributed by atoms with Crippen LogP contribution in [0.1, 0.15) is 25.7 Å². The van der Waals surface area contributed by atoms with E-state index in [1.165, 1.54) is 7.11 Å². The first-order chi connectivity index (χ1) is 8.03. The second-order valence-corrected chi connectivity index (χ2v) is 4.87. The molecule has 0 aliphatic heterocycles. The predicted molar refractivity (Wildman–Crippen MR) is 65.7 cm³/mol. The molecule has 0 bridgehead atoms. The van der Waals surface area contributed by atoms with Crippen molar-refractivity contribution in [3.8, 4) is 0 Å². The Labute approximate surface area is 103 Å². The van der Waals surface area contributed by atoms with E-state index in [1.807, 2.05) is 7.05 Å². The van der Waals surface area contributed by atoms with Crippen molar-refractivity contribution in [3.63, 3.8) is 0 Å². The quantitative estimate of drug-likeness (QED) is 0.708. The first-order valence-electron chi connectivity index (χ1n) is 6.10. The first kappa shape index (κ1) is 14.4. The number of hydrogen-bond acceptors (Lipinski definition) is 5. The maximum Gasteiger partial charge on any atom is 0.325 e. The smallest absolute Gasteiger partial charge is 0.325 e. The third kappa shape index (κ3) is 3.66. The molecule has 0 aromatic heterocycles. The van der Waals surface area contributed by atoms with Crippen LogP contribution in [0.15, 0.2) is 0 Å². The summed E-state index contributed by atoms with van der Waals surface area (Å²) in [5.74, 6) is -0.289. The van der Waals surface area contributed by atoms with E-state index in [-0.39, 0.29) is 5.97 Å². The van der Waals surface area contributed by atoms with Gasteiger partial charge in [-0.25, -0.2) is 0 Å². The molecule has 0 heterocycles. The fourth-order valence-corrected chi connectivity index (χ4v) is 2.46. The molecule has 2 atom stereocenters. The molecule has 2 unspecified atom stereocenters. The van der Waals surface area contributed by atoms with Crippen molar-refractivity contribution in [2.45, 2.75) is 37.3 Å². The number of ether oxygens (including phenoxy) is 2. The second-order valence-electron chi connectivity index (χ2n) is 4.87. The second kappa shape index (κ2) is 6.33. The molecule has 1 aliphatic carbocycles. The van der Waals surface area contributed by atoms with Gasteiger partial charge in [-0.2, -0.15) is 0 Å². The highest BCUT2D eigenvalue weighted by Gasteiger charge is 2.41. The van der Waals surface area contributed by atoms with Crippen molar-refractivity contribution in [1.29, 1.82) is 0 Å². The van der Waals surface area contributed by atoms with Crippen LogP contribution < -0.4 is 5.73 Å². The number of esters is 1. The van der Waals surface area contributed by atoms with Gasteiger partial charge in [0.1, 0.15) is 5.54 Å². The monoisotopic (exact) mass is 244 g/mol. The van der Waals surface area contributed by atoms with Crippen LogP contribution in [0.4, 0.5) is 0 Å². The van der Waals surface area contributed by atoms with Gasteiger partial charge in [0.2, 0.25) is 0 Å². The molecule has 0 saturated heterocycles. The number of carbonyl (C=O) groups excluding carboxylic acids is 1. The Morgan fingerprint density at radius 1 is 1.53 bits per heavy atom. The van der Waals surface area contributed by atoms with Gasteiger partial charge in [-0.3, -0.25) is 4.79 Å². The maximum atomic E-state index is 11.7. The summed E-state index contributed by atoms with van der Waals surface area (Å²) in [4.78, 5) is 13.9. The molecule has 5 heteroatoms. The van der Waals surface area contributed by atoms with Gasteiger partial charge >= 0.3 is 5.97 Å². The predicted octanol–water partition coefficient (Wildman–Crippen LogP) is 0.378. The van der Waals surface area contributed by atoms with E-state index in [2.05, 4.69) is 4.90 Å². The molecule has 1 aliphatic rings. The minimum atomic E-state index is -0.807. The fourth-order valence-electron chi connectivity index (χ4n) is 2.46. The molecule has 1 rings (SSSR count). The zero-order valence-electron chi connectivity index (χ0n) is 11.1. The SMILES string of the molecule is COCCN(C)C1CCCC(N)(C(=O)OC)C1. The van der Waals surface area contributed by atoms with Crippen LogP contribution in [0.5, 0.6) is 0 Å². The number of nitrogens with two attached hydrogens (primary N) is 1. The molecule has 0 radical (unpaired) electrons. The zero-order valence-corrected chi connectivity index (χ0v) is 11.1. The Morgan fingerprint density at radius 3 is 2.82 bits per heavy atom. The maximum absolute atomic E-state index is 11.7. The summed E-state index contributed by atoms with van der Waals surface area (Å²) in [6.45, 7) is 1.56. The van der Waals surface area contributed by atoms with Crippen molar-refractivity contribution in [2.75, 3.05) is 34.4 Å². The minimum Gasteiger partial charge on any atom is -0.468 e. The highest BCUT2D eigenvalue weighted by Crippen LogP contribution is 2.29. The number of hydrogen-bond donors (Lipinski definition) is 1. The summed E-state index contributed by atoms with van der Waals surface area (Å²) in [5.41, 5.74) is 5.33. The molecular formula is C12H24N2O3. The van der Waals surface area contributed by atoms with E-state index in [1.54, 1.807) is 7.11 Å². The summed E-state index contributed by atoms with van der Waals surface area (Å²) in [6, 6.07) is 0.336. The van der Waals surface area contributed by atoms with Crippen molar-refractivity contribution >= 4 is 5.97 Å². The van der Waals surface area contributed by atoms with Gasteiger partial charge in [-0.15, -0.1) is 0 Å². The van der Waals surface area contributed by atoms with Gasteiger partial charge in [0.15, 0.2) is 0 Å². The summed E-state index contributed by atoms with van der Waals surface area (Å²) in [5, 5.41) is 0. The highest BCUT2D eigenvalue weighted by atomic mass is 16.5. The van der Waals surface area contributed by atoms with E-state index < -0.39 is 5.54 Å². The molecule has 0 aromatic rings. The van der Waals surface area contributed by atoms with Crippen molar-refractivity contribution < 1.29 is 14.3 Å². The fraction of sp³-hybridized carbons (Fsp3) is 0.917. The average molecular weight is 244 g/mol. The molecular weight excluding hydrogens is 220 g/mol. The van der Waals surface area contributed by atoms with Crippen molar-refractivity contribution in [3.05, 3.63) is 0 Å². The standard InChI is InChI=1S/C12H24N2O3/c1-14(7-8-16-2)10-5-4-6-12(13,9-10)11(15)17-3/h10H,4-9,13H2,1-3H3. The Hall–Kier alpha value is -0.650. The number of carbonyl (C=O) groups is 1. The highest BCUT2D eigenvalue weighted by molar-refractivity contribution is 5.80. The van der Waals surface area contributed by atoms with Gasteiger partial charge in [-0.05, 0) is 32.7 Å². The molecule has 2 N–H and O–H groups in total. The number of methoxy groups -OCH3 is 2. The van der Waals surface area contributed by atoms with Gasteiger partial charge in [0, 0.05) is 19.7 Å². The van der Waals surface area contributed by atoms with Crippen LogP contribution in [0.3, 0.4) is 0 Å². The lowest BCUT2D eigenvalue weighted by Crippen LogP contribution is -2.55. The van der Waals surface area contributed by atoms with Crippen LogP contribution in [0.25, 0.3) is 0 Å². The molecule has 100 valence electrons. The van der Waals surface area contributed by atoms with E-state index in [0.717, 1.165) is 19.4 Å². The van der Waals surface area contributed by atoms with Gasteiger partial charge in [-0.1, -0.05) is 0 Å². The summed E-state index contributed by atoms with van der Waals surface area (Å²) < 4.78 is 9.85. The van der Waals surface area contributed by atoms with Gasteiger partial charge in [0.05, 0.1) is 13.7 Å². The third-order valence-electron chi connectivity index (χ3n) is 3.62. The molecule has 1 fully saturated rings. The summed E-state index contributed by atoms with van der Waals surface area (Å²) >= 11 is 0. The van der Waals surface area contributed by atoms with Crippen LogP contribution in [0.2, 0.25) is 0 Å². The normalized spacial score (nSPS) is 29.4. The number of likely N-dealkylation sites (N-methyl/N-ethyl adjacent to an activating group) is 1. The lowest BCUT2D eigenvalue weighted by molar-refractivity contribution is -0.149.